The molecular weight excluding hydrogens is 274 g/mol. The first-order chi connectivity index (χ1) is 10.6. The second-order valence-corrected chi connectivity index (χ2v) is 6.53. The van der Waals surface area contributed by atoms with E-state index in [1.807, 2.05) is 0 Å². The zero-order valence-corrected chi connectivity index (χ0v) is 13.5. The van der Waals surface area contributed by atoms with Gasteiger partial charge in [-0.15, -0.1) is 0 Å². The van der Waals surface area contributed by atoms with Crippen LogP contribution in [0.25, 0.3) is 0 Å². The molecule has 0 saturated carbocycles. The second-order valence-electron chi connectivity index (χ2n) is 6.53. The number of nitrogens with one attached hydrogen (secondary N) is 1. The van der Waals surface area contributed by atoms with E-state index in [4.69, 9.17) is 5.26 Å². The maximum absolute atomic E-state index is 12.3. The Kier molecular flexibility index (Phi) is 5.97. The maximum Gasteiger partial charge on any atom is 0.252 e. The van der Waals surface area contributed by atoms with Crippen molar-refractivity contribution < 1.29 is 4.79 Å². The van der Waals surface area contributed by atoms with E-state index >= 15 is 0 Å². The number of nitrogens with zero attached hydrogens (tertiary/aromatic N) is 2. The molecule has 0 radical (unpaired) electrons. The van der Waals surface area contributed by atoms with Crippen LogP contribution in [-0.2, 0) is 0 Å². The van der Waals surface area contributed by atoms with Crippen LogP contribution in [0.2, 0.25) is 0 Å². The second kappa shape index (κ2) is 7.95. The summed E-state index contributed by atoms with van der Waals surface area (Å²) in [5.41, 5.74) is 0.907. The number of rotatable bonds is 5. The summed E-state index contributed by atoms with van der Waals surface area (Å²) < 4.78 is 0. The Morgan fingerprint density at radius 2 is 2.23 bits per heavy atom. The quantitative estimate of drug-likeness (QED) is 0.909. The van der Waals surface area contributed by atoms with Gasteiger partial charge in [0.2, 0.25) is 0 Å². The fourth-order valence-corrected chi connectivity index (χ4v) is 3.11. The van der Waals surface area contributed by atoms with Crippen molar-refractivity contribution in [2.24, 2.45) is 11.8 Å². The summed E-state index contributed by atoms with van der Waals surface area (Å²) in [6.45, 7) is 8.52. The zero-order valence-electron chi connectivity index (χ0n) is 13.5. The van der Waals surface area contributed by atoms with Gasteiger partial charge in [-0.2, -0.15) is 5.26 Å². The van der Waals surface area contributed by atoms with Crippen LogP contribution >= 0.6 is 0 Å². The van der Waals surface area contributed by atoms with Crippen LogP contribution < -0.4 is 5.32 Å². The topological polar surface area (TPSA) is 56.1 Å². The fraction of sp³-hybridized carbons (Fsp3) is 0.556. The van der Waals surface area contributed by atoms with Crippen LogP contribution in [0.3, 0.4) is 0 Å². The Morgan fingerprint density at radius 1 is 1.45 bits per heavy atom. The third-order valence-electron chi connectivity index (χ3n) is 4.07. The Morgan fingerprint density at radius 3 is 2.95 bits per heavy atom. The molecule has 118 valence electrons. The molecule has 4 nitrogen and oxygen atoms in total. The standard InChI is InChI=1S/C18H25N3O/c1-14(2)12-21-9-5-6-15(13-21)11-20-18(22)17-8-4-3-7-16(17)10-19/h3-4,7-8,14-15H,5-6,9,11-13H2,1-2H3,(H,20,22). The van der Waals surface area contributed by atoms with Crippen LogP contribution in [0.4, 0.5) is 0 Å². The van der Waals surface area contributed by atoms with Crippen molar-refractivity contribution in [2.45, 2.75) is 26.7 Å². The predicted octanol–water partition coefficient (Wildman–Crippen LogP) is 2.66. The molecule has 1 saturated heterocycles. The maximum atomic E-state index is 12.3. The van der Waals surface area contributed by atoms with Crippen LogP contribution in [0.15, 0.2) is 24.3 Å². The highest BCUT2D eigenvalue weighted by atomic mass is 16.1. The van der Waals surface area contributed by atoms with E-state index in [0.29, 0.717) is 29.5 Å². The molecule has 0 bridgehead atoms. The highest BCUT2D eigenvalue weighted by Crippen LogP contribution is 2.17. The lowest BCUT2D eigenvalue weighted by Gasteiger charge is -2.33. The molecule has 1 aliphatic rings. The third kappa shape index (κ3) is 4.57. The summed E-state index contributed by atoms with van der Waals surface area (Å²) in [5, 5.41) is 12.1. The fourth-order valence-electron chi connectivity index (χ4n) is 3.11. The summed E-state index contributed by atoms with van der Waals surface area (Å²) >= 11 is 0. The van der Waals surface area contributed by atoms with Crippen LogP contribution in [0.5, 0.6) is 0 Å². The Hall–Kier alpha value is -1.86. The minimum atomic E-state index is -0.141. The molecule has 0 spiro atoms. The first-order valence-electron chi connectivity index (χ1n) is 8.10. The SMILES string of the molecule is CC(C)CN1CCCC(CNC(=O)c2ccccc2C#N)C1. The molecule has 4 heteroatoms. The molecule has 1 aliphatic heterocycles. The van der Waals surface area contributed by atoms with Gasteiger partial charge in [-0.3, -0.25) is 4.79 Å². The lowest BCUT2D eigenvalue weighted by molar-refractivity contribution is 0.0929. The molecule has 1 heterocycles. The molecule has 1 unspecified atom stereocenters. The van der Waals surface area contributed by atoms with Crippen LogP contribution in [-0.4, -0.2) is 37.0 Å². The number of hydrogen-bond acceptors (Lipinski definition) is 3. The molecule has 22 heavy (non-hydrogen) atoms. The van der Waals surface area contributed by atoms with E-state index < -0.39 is 0 Å². The lowest BCUT2D eigenvalue weighted by atomic mass is 9.97. The zero-order chi connectivity index (χ0) is 15.9. The summed E-state index contributed by atoms with van der Waals surface area (Å²) in [4.78, 5) is 14.7. The number of likely N-dealkylation sites (tertiary alicyclic amines) is 1. The highest BCUT2D eigenvalue weighted by molar-refractivity contribution is 5.96. The van der Waals surface area contributed by atoms with Crippen molar-refractivity contribution in [3.05, 3.63) is 35.4 Å². The lowest BCUT2D eigenvalue weighted by Crippen LogP contribution is -2.42. The molecule has 2 rings (SSSR count). The summed E-state index contributed by atoms with van der Waals surface area (Å²) in [6, 6.07) is 9.03. The third-order valence-corrected chi connectivity index (χ3v) is 4.07. The van der Waals surface area contributed by atoms with Gasteiger partial charge in [-0.25, -0.2) is 0 Å². The Bertz CT molecular complexity index is 548. The van der Waals surface area contributed by atoms with Crippen molar-refractivity contribution in [2.75, 3.05) is 26.2 Å². The first kappa shape index (κ1) is 16.5. The van der Waals surface area contributed by atoms with Crippen LogP contribution in [0.1, 0.15) is 42.6 Å². The van der Waals surface area contributed by atoms with E-state index in [1.54, 1.807) is 24.3 Å². The number of nitriles is 1. The molecule has 1 atom stereocenters. The summed E-state index contributed by atoms with van der Waals surface area (Å²) in [5.74, 6) is 1.04. The number of hydrogen-bond donors (Lipinski definition) is 1. The van der Waals surface area contributed by atoms with Gasteiger partial charge in [0.05, 0.1) is 17.2 Å². The molecule has 1 N–H and O–H groups in total. The van der Waals surface area contributed by atoms with Gasteiger partial charge < -0.3 is 10.2 Å². The van der Waals surface area contributed by atoms with Gasteiger partial charge in [-0.05, 0) is 43.4 Å². The molecular formula is C18H25N3O. The van der Waals surface area contributed by atoms with Crippen molar-refractivity contribution in [1.29, 1.82) is 5.26 Å². The number of carbonyl (C=O) groups excluding carboxylic acids is 1. The Balaban J connectivity index is 1.87. The number of piperidine rings is 1. The van der Waals surface area contributed by atoms with Gasteiger partial charge in [0.15, 0.2) is 0 Å². The Labute approximate surface area is 133 Å². The van der Waals surface area contributed by atoms with Gasteiger partial charge >= 0.3 is 0 Å². The first-order valence-corrected chi connectivity index (χ1v) is 8.10. The average Bonchev–Trinajstić information content (AvgIpc) is 2.52. The summed E-state index contributed by atoms with van der Waals surface area (Å²) in [6.07, 6.45) is 2.36. The molecule has 0 aliphatic carbocycles. The van der Waals surface area contributed by atoms with Crippen LogP contribution in [0, 0.1) is 23.2 Å². The number of carbonyl (C=O) groups is 1. The average molecular weight is 299 g/mol. The van der Waals surface area contributed by atoms with Crippen molar-refractivity contribution in [3.8, 4) is 6.07 Å². The molecule has 1 aromatic carbocycles. The van der Waals surface area contributed by atoms with Gasteiger partial charge in [-0.1, -0.05) is 26.0 Å². The van der Waals surface area contributed by atoms with Crippen molar-refractivity contribution in [3.63, 3.8) is 0 Å². The smallest absolute Gasteiger partial charge is 0.252 e. The minimum Gasteiger partial charge on any atom is -0.352 e. The predicted molar refractivity (Wildman–Crippen MR) is 87.5 cm³/mol. The molecule has 1 fully saturated rings. The number of benzene rings is 1. The van der Waals surface area contributed by atoms with Gasteiger partial charge in [0, 0.05) is 19.6 Å². The monoisotopic (exact) mass is 299 g/mol. The summed E-state index contributed by atoms with van der Waals surface area (Å²) in [7, 11) is 0. The van der Waals surface area contributed by atoms with E-state index in [9.17, 15) is 4.79 Å². The van der Waals surface area contributed by atoms with Crippen molar-refractivity contribution >= 4 is 5.91 Å². The number of amides is 1. The van der Waals surface area contributed by atoms with Crippen molar-refractivity contribution in [1.82, 2.24) is 10.2 Å². The minimum absolute atomic E-state index is 0.141. The van der Waals surface area contributed by atoms with E-state index in [1.165, 1.54) is 13.0 Å². The largest absolute Gasteiger partial charge is 0.352 e. The van der Waals surface area contributed by atoms with E-state index in [2.05, 4.69) is 30.1 Å². The normalized spacial score (nSPS) is 18.9. The molecule has 0 aromatic heterocycles. The van der Waals surface area contributed by atoms with Gasteiger partial charge in [0.1, 0.15) is 0 Å². The molecule has 1 aromatic rings. The van der Waals surface area contributed by atoms with E-state index in [-0.39, 0.29) is 5.91 Å². The van der Waals surface area contributed by atoms with E-state index in [0.717, 1.165) is 19.5 Å². The van der Waals surface area contributed by atoms with Gasteiger partial charge in [0.25, 0.3) is 5.91 Å². The molecule has 1 amide bonds. The highest BCUT2D eigenvalue weighted by Gasteiger charge is 2.21.